The predicted octanol–water partition coefficient (Wildman–Crippen LogP) is 3.01. The lowest BCUT2D eigenvalue weighted by Gasteiger charge is -2.04. The van der Waals surface area contributed by atoms with Crippen molar-refractivity contribution in [2.45, 2.75) is 26.7 Å². The first kappa shape index (κ1) is 12.6. The van der Waals surface area contributed by atoms with Gasteiger partial charge in [0.25, 0.3) is 0 Å². The molecule has 0 atom stereocenters. The van der Waals surface area contributed by atoms with Gasteiger partial charge in [-0.15, -0.1) is 0 Å². The van der Waals surface area contributed by atoms with E-state index in [1.165, 1.54) is 18.2 Å². The van der Waals surface area contributed by atoms with Crippen LogP contribution in [0.2, 0.25) is 0 Å². The van der Waals surface area contributed by atoms with Crippen molar-refractivity contribution in [2.75, 3.05) is 0 Å². The summed E-state index contributed by atoms with van der Waals surface area (Å²) in [4.78, 5) is 22.9. The number of Topliss-reactive ketones (excluding diaryl/α,β-unsaturated/α-hetero) is 2. The second-order valence-corrected chi connectivity index (χ2v) is 4.02. The maximum absolute atomic E-state index is 13.2. The van der Waals surface area contributed by atoms with Gasteiger partial charge >= 0.3 is 0 Å². The lowest BCUT2D eigenvalue weighted by Crippen LogP contribution is -2.10. The van der Waals surface area contributed by atoms with Crippen molar-refractivity contribution in [3.8, 4) is 0 Å². The third kappa shape index (κ3) is 3.26. The first-order chi connectivity index (χ1) is 7.52. The summed E-state index contributed by atoms with van der Waals surface area (Å²) in [5.41, 5.74) is 0.0686. The molecule has 0 unspecified atom stereocenters. The molecule has 1 aromatic carbocycles. The standard InChI is InChI=1S/C13H15FO2/c1-9(2)12(15)7-8-13(16)10-5-3-4-6-11(10)14/h3-6,9H,7-8H2,1-2H3. The minimum absolute atomic E-state index is 0.0321. The molecule has 86 valence electrons. The molecule has 0 aliphatic heterocycles. The lowest BCUT2D eigenvalue weighted by atomic mass is 10.00. The fourth-order valence-corrected chi connectivity index (χ4v) is 1.35. The Hall–Kier alpha value is -1.51. The molecular weight excluding hydrogens is 207 g/mol. The van der Waals surface area contributed by atoms with E-state index in [2.05, 4.69) is 0 Å². The van der Waals surface area contributed by atoms with Gasteiger partial charge in [0.15, 0.2) is 5.78 Å². The first-order valence-corrected chi connectivity index (χ1v) is 5.33. The highest BCUT2D eigenvalue weighted by Crippen LogP contribution is 2.11. The van der Waals surface area contributed by atoms with E-state index in [9.17, 15) is 14.0 Å². The van der Waals surface area contributed by atoms with Crippen LogP contribution in [0.15, 0.2) is 24.3 Å². The Balaban J connectivity index is 2.60. The molecule has 1 aromatic rings. The molecule has 0 aliphatic carbocycles. The quantitative estimate of drug-likeness (QED) is 0.717. The molecule has 0 aromatic heterocycles. The fraction of sp³-hybridized carbons (Fsp3) is 0.385. The van der Waals surface area contributed by atoms with Gasteiger partial charge in [0.2, 0.25) is 0 Å². The van der Waals surface area contributed by atoms with Gasteiger partial charge in [0.05, 0.1) is 5.56 Å². The summed E-state index contributed by atoms with van der Waals surface area (Å²) in [6.07, 6.45) is 0.267. The minimum Gasteiger partial charge on any atom is -0.299 e. The van der Waals surface area contributed by atoms with Crippen LogP contribution in [0.1, 0.15) is 37.0 Å². The van der Waals surface area contributed by atoms with E-state index in [-0.39, 0.29) is 35.9 Å². The van der Waals surface area contributed by atoms with Crippen molar-refractivity contribution < 1.29 is 14.0 Å². The highest BCUT2D eigenvalue weighted by Gasteiger charge is 2.14. The zero-order valence-corrected chi connectivity index (χ0v) is 9.50. The maximum atomic E-state index is 13.2. The van der Waals surface area contributed by atoms with Crippen LogP contribution in [-0.2, 0) is 4.79 Å². The number of hydrogen-bond donors (Lipinski definition) is 0. The topological polar surface area (TPSA) is 34.1 Å². The predicted molar refractivity (Wildman–Crippen MR) is 59.8 cm³/mol. The van der Waals surface area contributed by atoms with E-state index in [0.29, 0.717) is 0 Å². The average Bonchev–Trinajstić information content (AvgIpc) is 2.25. The molecule has 0 saturated heterocycles. The normalized spacial score (nSPS) is 10.5. The summed E-state index contributed by atoms with van der Waals surface area (Å²) in [6.45, 7) is 3.58. The van der Waals surface area contributed by atoms with Crippen molar-refractivity contribution >= 4 is 11.6 Å². The van der Waals surface area contributed by atoms with Gasteiger partial charge in [-0.25, -0.2) is 4.39 Å². The second-order valence-electron chi connectivity index (χ2n) is 4.02. The number of carbonyl (C=O) groups excluding carboxylic acids is 2. The molecule has 16 heavy (non-hydrogen) atoms. The number of hydrogen-bond acceptors (Lipinski definition) is 2. The van der Waals surface area contributed by atoms with Crippen molar-refractivity contribution in [3.05, 3.63) is 35.6 Å². The third-order valence-electron chi connectivity index (χ3n) is 2.42. The highest BCUT2D eigenvalue weighted by atomic mass is 19.1. The van der Waals surface area contributed by atoms with Gasteiger partial charge in [0, 0.05) is 18.8 Å². The highest BCUT2D eigenvalue weighted by molar-refractivity contribution is 5.98. The zero-order chi connectivity index (χ0) is 12.1. The van der Waals surface area contributed by atoms with Gasteiger partial charge in [-0.2, -0.15) is 0 Å². The van der Waals surface area contributed by atoms with Gasteiger partial charge in [-0.3, -0.25) is 9.59 Å². The number of benzene rings is 1. The molecule has 0 spiro atoms. The molecule has 3 heteroatoms. The average molecular weight is 222 g/mol. The maximum Gasteiger partial charge on any atom is 0.166 e. The molecule has 0 N–H and O–H groups in total. The van der Waals surface area contributed by atoms with Crippen LogP contribution in [0.5, 0.6) is 0 Å². The summed E-state index contributed by atoms with van der Waals surface area (Å²) < 4.78 is 13.2. The van der Waals surface area contributed by atoms with E-state index in [1.807, 2.05) is 0 Å². The van der Waals surface area contributed by atoms with Crippen LogP contribution < -0.4 is 0 Å². The Morgan fingerprint density at radius 1 is 1.19 bits per heavy atom. The molecule has 0 aliphatic rings. The largest absolute Gasteiger partial charge is 0.299 e. The number of ketones is 2. The minimum atomic E-state index is -0.524. The molecule has 1 rings (SSSR count). The Morgan fingerprint density at radius 3 is 2.38 bits per heavy atom. The van der Waals surface area contributed by atoms with Gasteiger partial charge < -0.3 is 0 Å². The summed E-state index contributed by atoms with van der Waals surface area (Å²) in [5.74, 6) is -0.880. The van der Waals surface area contributed by atoms with E-state index >= 15 is 0 Å². The third-order valence-corrected chi connectivity index (χ3v) is 2.42. The molecule has 0 fully saturated rings. The van der Waals surface area contributed by atoms with Gasteiger partial charge in [-0.05, 0) is 12.1 Å². The number of carbonyl (C=O) groups is 2. The van der Waals surface area contributed by atoms with E-state index < -0.39 is 5.82 Å². The summed E-state index contributed by atoms with van der Waals surface area (Å²) in [6, 6.07) is 5.83. The van der Waals surface area contributed by atoms with Gasteiger partial charge in [-0.1, -0.05) is 26.0 Å². The van der Waals surface area contributed by atoms with Gasteiger partial charge in [0.1, 0.15) is 11.6 Å². The molecular formula is C13H15FO2. The smallest absolute Gasteiger partial charge is 0.166 e. The Morgan fingerprint density at radius 2 is 1.81 bits per heavy atom. The van der Waals surface area contributed by atoms with Crippen molar-refractivity contribution in [1.82, 2.24) is 0 Å². The Kier molecular flexibility index (Phi) is 4.35. The van der Waals surface area contributed by atoms with E-state index in [0.717, 1.165) is 0 Å². The van der Waals surface area contributed by atoms with E-state index in [4.69, 9.17) is 0 Å². The zero-order valence-electron chi connectivity index (χ0n) is 9.50. The van der Waals surface area contributed by atoms with Crippen molar-refractivity contribution in [3.63, 3.8) is 0 Å². The lowest BCUT2D eigenvalue weighted by molar-refractivity contribution is -0.121. The summed E-state index contributed by atoms with van der Waals surface area (Å²) in [5, 5.41) is 0. The molecule has 0 bridgehead atoms. The monoisotopic (exact) mass is 222 g/mol. The molecule has 2 nitrogen and oxygen atoms in total. The number of halogens is 1. The van der Waals surface area contributed by atoms with Crippen LogP contribution in [0.4, 0.5) is 4.39 Å². The van der Waals surface area contributed by atoms with Crippen molar-refractivity contribution in [1.29, 1.82) is 0 Å². The van der Waals surface area contributed by atoms with E-state index in [1.54, 1.807) is 19.9 Å². The molecule has 0 amide bonds. The first-order valence-electron chi connectivity index (χ1n) is 5.33. The van der Waals surface area contributed by atoms with Crippen LogP contribution in [0.25, 0.3) is 0 Å². The molecule has 0 heterocycles. The van der Waals surface area contributed by atoms with Crippen LogP contribution in [0, 0.1) is 11.7 Å². The Bertz CT molecular complexity index is 397. The Labute approximate surface area is 94.5 Å². The van der Waals surface area contributed by atoms with Crippen LogP contribution >= 0.6 is 0 Å². The molecule has 0 saturated carbocycles. The second kappa shape index (κ2) is 5.54. The SMILES string of the molecule is CC(C)C(=O)CCC(=O)c1ccccc1F. The van der Waals surface area contributed by atoms with Crippen molar-refractivity contribution in [2.24, 2.45) is 5.92 Å². The fourth-order valence-electron chi connectivity index (χ4n) is 1.35. The van der Waals surface area contributed by atoms with Crippen LogP contribution in [-0.4, -0.2) is 11.6 Å². The summed E-state index contributed by atoms with van der Waals surface area (Å²) >= 11 is 0. The summed E-state index contributed by atoms with van der Waals surface area (Å²) in [7, 11) is 0. The molecule has 0 radical (unpaired) electrons. The van der Waals surface area contributed by atoms with Crippen LogP contribution in [0.3, 0.4) is 0 Å². The number of rotatable bonds is 5.